The molecule has 0 unspecified atom stereocenters. The third-order valence-corrected chi connectivity index (χ3v) is 4.77. The van der Waals surface area contributed by atoms with Crippen molar-refractivity contribution in [2.75, 3.05) is 21.3 Å². The number of nitrogens with one attached hydrogen (secondary N) is 1. The van der Waals surface area contributed by atoms with Gasteiger partial charge in [-0.2, -0.15) is 0 Å². The zero-order valence-corrected chi connectivity index (χ0v) is 19.4. The van der Waals surface area contributed by atoms with E-state index < -0.39 is 24.6 Å². The van der Waals surface area contributed by atoms with Crippen molar-refractivity contribution in [2.24, 2.45) is 0 Å². The molecule has 2 rings (SSSR count). The maximum Gasteiger partial charge on any atom is 0.495 e. The van der Waals surface area contributed by atoms with Gasteiger partial charge in [0.1, 0.15) is 0 Å². The maximum atomic E-state index is 12.0. The average molecular weight is 395 g/mol. The van der Waals surface area contributed by atoms with Crippen molar-refractivity contribution in [2.45, 2.75) is 72.9 Å². The molecule has 1 saturated heterocycles. The first-order valence-corrected chi connectivity index (χ1v) is 9.94. The van der Waals surface area contributed by atoms with Gasteiger partial charge in [-0.05, 0) is 45.3 Å². The van der Waals surface area contributed by atoms with Crippen molar-refractivity contribution in [1.29, 1.82) is 0 Å². The van der Waals surface area contributed by atoms with Crippen molar-refractivity contribution in [1.82, 2.24) is 5.32 Å². The van der Waals surface area contributed by atoms with Crippen molar-refractivity contribution < 1.29 is 23.6 Å². The minimum absolute atomic E-state index is 0.175. The van der Waals surface area contributed by atoms with Crippen molar-refractivity contribution in [3.63, 3.8) is 0 Å². The molecule has 1 aromatic carbocycles. The van der Waals surface area contributed by atoms with E-state index in [0.717, 1.165) is 11.0 Å². The zero-order valence-electron chi connectivity index (χ0n) is 19.4. The first-order valence-electron chi connectivity index (χ1n) is 9.94. The smallest absolute Gasteiger partial charge is 0.399 e. The van der Waals surface area contributed by atoms with E-state index in [9.17, 15) is 4.79 Å². The van der Waals surface area contributed by atoms with Gasteiger partial charge in [-0.1, -0.05) is 33.8 Å². The summed E-state index contributed by atoms with van der Waals surface area (Å²) < 4.78 is 23.0. The molecule has 0 saturated carbocycles. The van der Waals surface area contributed by atoms with Gasteiger partial charge in [0.25, 0.3) is 5.91 Å². The molecule has 1 aliphatic heterocycles. The molecule has 0 radical (unpaired) electrons. The summed E-state index contributed by atoms with van der Waals surface area (Å²) in [7, 11) is 4.11. The summed E-state index contributed by atoms with van der Waals surface area (Å²) in [5.74, 6) is -0.175. The number of hydrogen-bond donors (Lipinski definition) is 1. The molecule has 0 atom stereocenters. The van der Waals surface area contributed by atoms with Crippen molar-refractivity contribution in [3.05, 3.63) is 29.3 Å². The van der Waals surface area contributed by atoms with E-state index >= 15 is 0 Å². The second kappa shape index (κ2) is 11.6. The van der Waals surface area contributed by atoms with Gasteiger partial charge in [0.2, 0.25) is 0 Å². The number of hydrogen-bond acceptors (Lipinski definition) is 5. The Morgan fingerprint density at radius 3 is 1.86 bits per heavy atom. The summed E-state index contributed by atoms with van der Waals surface area (Å²) in [6.07, 6.45) is -0.572. The highest BCUT2D eigenvalue weighted by atomic mass is 16.7. The average Bonchev–Trinajstić information content (AvgIpc) is 2.92. The highest BCUT2D eigenvalue weighted by Crippen LogP contribution is 2.37. The van der Waals surface area contributed by atoms with E-state index in [1.165, 1.54) is 0 Å². The number of carbonyl (C=O) groups is 1. The SMILES string of the molecule is CC.CC.CNC(=O)c1ccc(C(OC)OC)c(B2OC(C)(C)C(C)(C)O2)c1. The van der Waals surface area contributed by atoms with Gasteiger partial charge >= 0.3 is 7.12 Å². The topological polar surface area (TPSA) is 66.0 Å². The van der Waals surface area contributed by atoms with Gasteiger partial charge in [0.15, 0.2) is 6.29 Å². The van der Waals surface area contributed by atoms with Crippen LogP contribution >= 0.6 is 0 Å². The van der Waals surface area contributed by atoms with E-state index in [4.69, 9.17) is 18.8 Å². The van der Waals surface area contributed by atoms with Crippen LogP contribution in [0, 0.1) is 0 Å². The molecule has 7 heteroatoms. The first-order chi connectivity index (χ1) is 13.2. The molecule has 0 aliphatic carbocycles. The Labute approximate surface area is 171 Å². The lowest BCUT2D eigenvalue weighted by molar-refractivity contribution is -0.105. The van der Waals surface area contributed by atoms with Gasteiger partial charge in [0, 0.05) is 32.4 Å². The third kappa shape index (κ3) is 5.80. The first kappa shape index (κ1) is 26.6. The minimum atomic E-state index is -0.609. The van der Waals surface area contributed by atoms with Gasteiger partial charge in [-0.15, -0.1) is 0 Å². The minimum Gasteiger partial charge on any atom is -0.399 e. The summed E-state index contributed by atoms with van der Waals surface area (Å²) in [5, 5.41) is 2.63. The lowest BCUT2D eigenvalue weighted by Gasteiger charge is -2.32. The molecule has 1 aliphatic rings. The monoisotopic (exact) mass is 395 g/mol. The van der Waals surface area contributed by atoms with Crippen molar-refractivity contribution in [3.8, 4) is 0 Å². The summed E-state index contributed by atoms with van der Waals surface area (Å²) in [4.78, 5) is 12.0. The Bertz CT molecular complexity index is 599. The second-order valence-electron chi connectivity index (χ2n) is 6.81. The Kier molecular flexibility index (Phi) is 11.0. The van der Waals surface area contributed by atoms with Gasteiger partial charge in [0.05, 0.1) is 11.2 Å². The van der Waals surface area contributed by atoms with Gasteiger partial charge < -0.3 is 24.1 Å². The highest BCUT2D eigenvalue weighted by molar-refractivity contribution is 6.62. The Morgan fingerprint density at radius 1 is 1.00 bits per heavy atom. The molecule has 28 heavy (non-hydrogen) atoms. The number of carbonyl (C=O) groups excluding carboxylic acids is 1. The number of rotatable bonds is 5. The van der Waals surface area contributed by atoms with E-state index in [-0.39, 0.29) is 5.91 Å². The van der Waals surface area contributed by atoms with Crippen molar-refractivity contribution >= 4 is 18.5 Å². The molecule has 1 aromatic rings. The molecule has 1 heterocycles. The molecule has 0 aromatic heterocycles. The van der Waals surface area contributed by atoms with Crippen LogP contribution < -0.4 is 10.8 Å². The molecule has 1 amide bonds. The number of ether oxygens (including phenoxy) is 2. The van der Waals surface area contributed by atoms with Crippen LogP contribution in [0.4, 0.5) is 0 Å². The lowest BCUT2D eigenvalue weighted by Crippen LogP contribution is -2.41. The second-order valence-corrected chi connectivity index (χ2v) is 6.81. The summed E-state index contributed by atoms with van der Waals surface area (Å²) in [5.41, 5.74) is 1.06. The fourth-order valence-electron chi connectivity index (χ4n) is 2.60. The fraction of sp³-hybridized carbons (Fsp3) is 0.667. The van der Waals surface area contributed by atoms with Crippen LogP contribution in [-0.2, 0) is 18.8 Å². The highest BCUT2D eigenvalue weighted by Gasteiger charge is 2.52. The summed E-state index contributed by atoms with van der Waals surface area (Å²) >= 11 is 0. The Balaban J connectivity index is 0.00000171. The van der Waals surface area contributed by atoms with Crippen LogP contribution in [0.3, 0.4) is 0 Å². The largest absolute Gasteiger partial charge is 0.495 e. The van der Waals surface area contributed by atoms with Crippen LogP contribution in [0.15, 0.2) is 18.2 Å². The molecule has 160 valence electrons. The standard InChI is InChI=1S/C17H26BNO5.2C2H6/c1-16(2)17(3,4)24-18(23-16)13-10-11(14(20)19-5)8-9-12(13)15(21-6)22-7;2*1-2/h8-10,15H,1-7H3,(H,19,20);2*1-2H3. The molecule has 0 bridgehead atoms. The van der Waals surface area contributed by atoms with E-state index in [1.54, 1.807) is 33.4 Å². The van der Waals surface area contributed by atoms with Gasteiger partial charge in [-0.25, -0.2) is 0 Å². The van der Waals surface area contributed by atoms with Crippen LogP contribution in [-0.4, -0.2) is 45.5 Å². The predicted octanol–water partition coefficient (Wildman–Crippen LogP) is 3.69. The zero-order chi connectivity index (χ0) is 22.1. The van der Waals surface area contributed by atoms with Gasteiger partial charge in [-0.3, -0.25) is 4.79 Å². The fourth-order valence-corrected chi connectivity index (χ4v) is 2.60. The quantitative estimate of drug-likeness (QED) is 0.609. The third-order valence-electron chi connectivity index (χ3n) is 4.77. The maximum absolute atomic E-state index is 12.0. The normalized spacial score (nSPS) is 16.6. The Hall–Kier alpha value is -1.41. The number of methoxy groups -OCH3 is 2. The molecule has 1 fully saturated rings. The van der Waals surface area contributed by atoms with E-state index in [0.29, 0.717) is 5.56 Å². The molecule has 6 nitrogen and oxygen atoms in total. The summed E-state index contributed by atoms with van der Waals surface area (Å²) in [6.45, 7) is 15.9. The predicted molar refractivity (Wildman–Crippen MR) is 115 cm³/mol. The van der Waals surface area contributed by atoms with Crippen LogP contribution in [0.5, 0.6) is 0 Å². The van der Waals surface area contributed by atoms with E-state index in [2.05, 4.69) is 5.32 Å². The van der Waals surface area contributed by atoms with Crippen LogP contribution in [0.2, 0.25) is 0 Å². The molecule has 1 N–H and O–H groups in total. The van der Waals surface area contributed by atoms with Crippen LogP contribution in [0.1, 0.15) is 77.6 Å². The summed E-state index contributed by atoms with van der Waals surface area (Å²) in [6, 6.07) is 5.30. The van der Waals surface area contributed by atoms with Crippen LogP contribution in [0.25, 0.3) is 0 Å². The molecular formula is C21H38BNO5. The van der Waals surface area contributed by atoms with E-state index in [1.807, 2.05) is 61.5 Å². The molecule has 0 spiro atoms. The number of amides is 1. The lowest BCUT2D eigenvalue weighted by atomic mass is 9.75. The number of benzene rings is 1. The molecular weight excluding hydrogens is 357 g/mol. The Morgan fingerprint density at radius 2 is 1.46 bits per heavy atom.